The zero-order valence-electron chi connectivity index (χ0n) is 14.3. The van der Waals surface area contributed by atoms with E-state index < -0.39 is 6.10 Å². The van der Waals surface area contributed by atoms with Crippen LogP contribution in [0.2, 0.25) is 5.02 Å². The minimum atomic E-state index is -0.429. The first-order valence-corrected chi connectivity index (χ1v) is 8.45. The highest BCUT2D eigenvalue weighted by Gasteiger charge is 2.17. The molecular weight excluding hydrogens is 326 g/mol. The highest BCUT2D eigenvalue weighted by atomic mass is 35.5. The van der Waals surface area contributed by atoms with Crippen LogP contribution in [-0.2, 0) is 11.3 Å². The second-order valence-electron chi connectivity index (χ2n) is 6.14. The number of nitrogens with one attached hydrogen (secondary N) is 1. The van der Waals surface area contributed by atoms with Crippen molar-refractivity contribution in [3.8, 4) is 0 Å². The SMILES string of the molecule is Cc1nn(CC(=O)NCC(CC(C)O)c2ccccc2)c(C)c1Cl. The Morgan fingerprint density at radius 2 is 2.00 bits per heavy atom. The zero-order chi connectivity index (χ0) is 17.7. The molecule has 1 amide bonds. The van der Waals surface area contributed by atoms with Crippen molar-refractivity contribution in [2.75, 3.05) is 6.54 Å². The zero-order valence-corrected chi connectivity index (χ0v) is 15.0. The van der Waals surface area contributed by atoms with E-state index in [1.54, 1.807) is 11.6 Å². The molecule has 0 aliphatic heterocycles. The molecule has 2 N–H and O–H groups in total. The second-order valence-corrected chi connectivity index (χ2v) is 6.52. The minimum Gasteiger partial charge on any atom is -0.393 e. The molecule has 0 spiro atoms. The van der Waals surface area contributed by atoms with Gasteiger partial charge in [-0.3, -0.25) is 9.48 Å². The summed E-state index contributed by atoms with van der Waals surface area (Å²) in [4.78, 5) is 12.2. The first kappa shape index (κ1) is 18.5. The topological polar surface area (TPSA) is 67.2 Å². The number of benzene rings is 1. The van der Waals surface area contributed by atoms with Gasteiger partial charge in [0.1, 0.15) is 6.54 Å². The summed E-state index contributed by atoms with van der Waals surface area (Å²) in [6.07, 6.45) is 0.165. The van der Waals surface area contributed by atoms with Gasteiger partial charge in [-0.2, -0.15) is 5.10 Å². The smallest absolute Gasteiger partial charge is 0.241 e. The van der Waals surface area contributed by atoms with Crippen LogP contribution in [0.15, 0.2) is 30.3 Å². The molecule has 24 heavy (non-hydrogen) atoms. The van der Waals surface area contributed by atoms with Crippen LogP contribution in [0.1, 0.15) is 36.2 Å². The fourth-order valence-electron chi connectivity index (χ4n) is 2.73. The molecule has 1 aromatic heterocycles. The highest BCUT2D eigenvalue weighted by Crippen LogP contribution is 2.21. The van der Waals surface area contributed by atoms with Crippen LogP contribution in [0.25, 0.3) is 0 Å². The Kier molecular flexibility index (Phi) is 6.40. The molecule has 0 radical (unpaired) electrons. The molecule has 0 fully saturated rings. The molecule has 1 heterocycles. The van der Waals surface area contributed by atoms with E-state index in [1.807, 2.05) is 44.2 Å². The molecule has 0 saturated heterocycles. The second kappa shape index (κ2) is 8.31. The lowest BCUT2D eigenvalue weighted by molar-refractivity contribution is -0.122. The maximum absolute atomic E-state index is 12.2. The van der Waals surface area contributed by atoms with Crippen molar-refractivity contribution in [3.05, 3.63) is 52.3 Å². The van der Waals surface area contributed by atoms with Gasteiger partial charge in [0.25, 0.3) is 0 Å². The molecule has 2 atom stereocenters. The maximum Gasteiger partial charge on any atom is 0.241 e. The molecule has 6 heteroatoms. The number of aliphatic hydroxyl groups excluding tert-OH is 1. The number of carbonyl (C=O) groups excluding carboxylic acids is 1. The molecule has 0 bridgehead atoms. The number of halogens is 1. The van der Waals surface area contributed by atoms with Crippen LogP contribution >= 0.6 is 11.6 Å². The van der Waals surface area contributed by atoms with Crippen molar-refractivity contribution in [1.29, 1.82) is 0 Å². The summed E-state index contributed by atoms with van der Waals surface area (Å²) in [5.74, 6) is -0.0528. The van der Waals surface area contributed by atoms with Crippen molar-refractivity contribution in [2.24, 2.45) is 0 Å². The van der Waals surface area contributed by atoms with Crippen molar-refractivity contribution in [2.45, 2.75) is 45.8 Å². The number of carbonyl (C=O) groups is 1. The number of rotatable bonds is 7. The number of nitrogens with zero attached hydrogens (tertiary/aromatic N) is 2. The fraction of sp³-hybridized carbons (Fsp3) is 0.444. The number of aromatic nitrogens is 2. The summed E-state index contributed by atoms with van der Waals surface area (Å²) < 4.78 is 1.61. The van der Waals surface area contributed by atoms with Gasteiger partial charge < -0.3 is 10.4 Å². The Bertz CT molecular complexity index is 683. The van der Waals surface area contributed by atoms with Gasteiger partial charge in [0.2, 0.25) is 5.91 Å². The first-order valence-electron chi connectivity index (χ1n) is 8.07. The Labute approximate surface area is 147 Å². The van der Waals surface area contributed by atoms with E-state index >= 15 is 0 Å². The monoisotopic (exact) mass is 349 g/mol. The van der Waals surface area contributed by atoms with Gasteiger partial charge in [-0.05, 0) is 32.8 Å². The van der Waals surface area contributed by atoms with Gasteiger partial charge in [0.05, 0.1) is 22.5 Å². The molecule has 130 valence electrons. The van der Waals surface area contributed by atoms with E-state index in [0.717, 1.165) is 17.0 Å². The summed E-state index contributed by atoms with van der Waals surface area (Å²) in [5, 5.41) is 17.5. The summed E-state index contributed by atoms with van der Waals surface area (Å²) in [7, 11) is 0. The number of aryl methyl sites for hydroxylation is 1. The number of aliphatic hydroxyl groups is 1. The Balaban J connectivity index is 1.98. The van der Waals surface area contributed by atoms with Gasteiger partial charge in [-0.1, -0.05) is 41.9 Å². The summed E-state index contributed by atoms with van der Waals surface area (Å²) >= 11 is 6.10. The molecule has 2 aromatic rings. The fourth-order valence-corrected chi connectivity index (χ4v) is 2.87. The van der Waals surface area contributed by atoms with Crippen LogP contribution in [0.3, 0.4) is 0 Å². The van der Waals surface area contributed by atoms with E-state index in [2.05, 4.69) is 10.4 Å². The van der Waals surface area contributed by atoms with Crippen LogP contribution in [0.4, 0.5) is 0 Å². The largest absolute Gasteiger partial charge is 0.393 e. The van der Waals surface area contributed by atoms with E-state index in [9.17, 15) is 9.90 Å². The molecule has 5 nitrogen and oxygen atoms in total. The average Bonchev–Trinajstić information content (AvgIpc) is 2.79. The van der Waals surface area contributed by atoms with Crippen molar-refractivity contribution < 1.29 is 9.90 Å². The van der Waals surface area contributed by atoms with E-state index in [4.69, 9.17) is 11.6 Å². The Morgan fingerprint density at radius 1 is 1.33 bits per heavy atom. The molecule has 1 aromatic carbocycles. The summed E-state index contributed by atoms with van der Waals surface area (Å²) in [5.41, 5.74) is 2.61. The maximum atomic E-state index is 12.2. The lowest BCUT2D eigenvalue weighted by Gasteiger charge is -2.19. The third kappa shape index (κ3) is 4.82. The van der Waals surface area contributed by atoms with Gasteiger partial charge >= 0.3 is 0 Å². The van der Waals surface area contributed by atoms with E-state index in [1.165, 1.54) is 0 Å². The molecule has 0 saturated carbocycles. The van der Waals surface area contributed by atoms with Gasteiger partial charge in [-0.15, -0.1) is 0 Å². The molecule has 2 unspecified atom stereocenters. The molecular formula is C18H24ClN3O2. The predicted octanol–water partition coefficient (Wildman–Crippen LogP) is 2.82. The third-order valence-corrected chi connectivity index (χ3v) is 4.58. The van der Waals surface area contributed by atoms with E-state index in [-0.39, 0.29) is 18.4 Å². The van der Waals surface area contributed by atoms with Crippen LogP contribution in [-0.4, -0.2) is 33.4 Å². The number of hydrogen-bond acceptors (Lipinski definition) is 3. The number of amides is 1. The predicted molar refractivity (Wildman–Crippen MR) is 95.2 cm³/mol. The molecule has 2 rings (SSSR count). The highest BCUT2D eigenvalue weighted by molar-refractivity contribution is 6.31. The van der Waals surface area contributed by atoms with E-state index in [0.29, 0.717) is 18.0 Å². The van der Waals surface area contributed by atoms with Gasteiger partial charge in [0.15, 0.2) is 0 Å². The quantitative estimate of drug-likeness (QED) is 0.807. The average molecular weight is 350 g/mol. The third-order valence-electron chi connectivity index (χ3n) is 4.03. The molecule has 0 aliphatic carbocycles. The summed E-state index contributed by atoms with van der Waals surface area (Å²) in [6.45, 7) is 6.03. The number of hydrogen-bond donors (Lipinski definition) is 2. The molecule has 0 aliphatic rings. The van der Waals surface area contributed by atoms with Gasteiger partial charge in [0, 0.05) is 12.5 Å². The Hall–Kier alpha value is -1.85. The van der Waals surface area contributed by atoms with Crippen LogP contribution < -0.4 is 5.32 Å². The Morgan fingerprint density at radius 3 is 2.54 bits per heavy atom. The lowest BCUT2D eigenvalue weighted by Crippen LogP contribution is -2.32. The first-order chi connectivity index (χ1) is 11.4. The van der Waals surface area contributed by atoms with Gasteiger partial charge in [-0.25, -0.2) is 0 Å². The minimum absolute atomic E-state index is 0.0687. The lowest BCUT2D eigenvalue weighted by atomic mass is 9.93. The van der Waals surface area contributed by atoms with Crippen LogP contribution in [0.5, 0.6) is 0 Å². The van der Waals surface area contributed by atoms with Crippen LogP contribution in [0, 0.1) is 13.8 Å². The standard InChI is InChI=1S/C18H24ClN3O2/c1-12(23)9-16(15-7-5-4-6-8-15)10-20-17(24)11-22-14(3)18(19)13(2)21-22/h4-8,12,16,23H,9-11H2,1-3H3,(H,20,24). The van der Waals surface area contributed by atoms with Crippen molar-refractivity contribution in [1.82, 2.24) is 15.1 Å². The van der Waals surface area contributed by atoms with Crippen molar-refractivity contribution in [3.63, 3.8) is 0 Å². The normalized spacial score (nSPS) is 13.5. The van der Waals surface area contributed by atoms with Crippen molar-refractivity contribution >= 4 is 17.5 Å². The summed E-state index contributed by atoms with van der Waals surface area (Å²) in [6, 6.07) is 9.90.